The van der Waals surface area contributed by atoms with Crippen LogP contribution in [-0.2, 0) is 0 Å². The van der Waals surface area contributed by atoms with Crippen molar-refractivity contribution in [3.63, 3.8) is 0 Å². The summed E-state index contributed by atoms with van der Waals surface area (Å²) in [6, 6.07) is 5.70. The van der Waals surface area contributed by atoms with Crippen LogP contribution in [0.2, 0.25) is 0 Å². The van der Waals surface area contributed by atoms with E-state index >= 15 is 0 Å². The Bertz CT molecular complexity index is 870. The second kappa shape index (κ2) is 6.28. The monoisotopic (exact) mass is 342 g/mol. The minimum absolute atomic E-state index is 0.227. The van der Waals surface area contributed by atoms with Crippen molar-refractivity contribution >= 4 is 5.88 Å². The molecule has 1 aromatic carbocycles. The summed E-state index contributed by atoms with van der Waals surface area (Å²) in [6.07, 6.45) is 0. The van der Waals surface area contributed by atoms with E-state index in [1.54, 1.807) is 19.1 Å². The number of fused-ring (bicyclic) bond motifs is 1. The number of allylic oxidation sites excluding steroid dienone is 1. The Kier molecular flexibility index (Phi) is 4.15. The highest BCUT2D eigenvalue weighted by Gasteiger charge is 2.34. The summed E-state index contributed by atoms with van der Waals surface area (Å²) in [6.45, 7) is 1.73. The lowest BCUT2D eigenvalue weighted by Gasteiger charge is -2.24. The molecular weight excluding hydrogens is 324 g/mol. The van der Waals surface area contributed by atoms with Gasteiger partial charge in [-0.25, -0.2) is 4.98 Å². The summed E-state index contributed by atoms with van der Waals surface area (Å²) in [5.74, 6) is 2.04. The first-order valence-electron chi connectivity index (χ1n) is 7.48. The van der Waals surface area contributed by atoms with Gasteiger partial charge in [0.1, 0.15) is 11.5 Å². The number of nitrogens with two attached hydrogens (primary N) is 1. The van der Waals surface area contributed by atoms with Crippen LogP contribution < -0.4 is 25.3 Å². The molecule has 3 N–H and O–H groups in total. The lowest BCUT2D eigenvalue weighted by Crippen LogP contribution is -2.22. The van der Waals surface area contributed by atoms with Crippen LogP contribution in [0, 0.1) is 18.3 Å². The fraction of sp³-hybridized carbons (Fsp3) is 0.294. The number of nitriles is 1. The number of rotatable bonds is 4. The van der Waals surface area contributed by atoms with Gasteiger partial charge in [0, 0.05) is 6.92 Å². The molecule has 0 aliphatic carbocycles. The maximum absolute atomic E-state index is 9.61. The predicted octanol–water partition coefficient (Wildman–Crippen LogP) is 2.26. The van der Waals surface area contributed by atoms with E-state index in [0.717, 1.165) is 5.56 Å². The van der Waals surface area contributed by atoms with Gasteiger partial charge in [0.25, 0.3) is 0 Å². The van der Waals surface area contributed by atoms with E-state index in [0.29, 0.717) is 40.3 Å². The number of ether oxygens (including phenoxy) is 3. The van der Waals surface area contributed by atoms with Crippen molar-refractivity contribution in [2.45, 2.75) is 12.8 Å². The third-order valence-electron chi connectivity index (χ3n) is 4.00. The topological polar surface area (TPSA) is 116 Å². The van der Waals surface area contributed by atoms with E-state index in [4.69, 9.17) is 24.4 Å². The molecule has 0 bridgehead atoms. The number of aromatic nitrogens is 1. The van der Waals surface area contributed by atoms with Crippen LogP contribution in [0.3, 0.4) is 0 Å². The van der Waals surface area contributed by atoms with Crippen molar-refractivity contribution in [2.75, 3.05) is 26.6 Å². The Morgan fingerprint density at radius 1 is 1.20 bits per heavy atom. The molecule has 0 saturated heterocycles. The second-order valence-electron chi connectivity index (χ2n) is 5.40. The Balaban J connectivity index is 2.25. The summed E-state index contributed by atoms with van der Waals surface area (Å²) in [5.41, 5.74) is 7.66. The summed E-state index contributed by atoms with van der Waals surface area (Å²) < 4.78 is 21.7. The lowest BCUT2D eigenvalue weighted by atomic mass is 9.86. The van der Waals surface area contributed by atoms with E-state index in [2.05, 4.69) is 16.4 Å². The van der Waals surface area contributed by atoms with Crippen molar-refractivity contribution < 1.29 is 18.6 Å². The zero-order valence-corrected chi connectivity index (χ0v) is 14.3. The molecule has 0 spiro atoms. The van der Waals surface area contributed by atoms with Gasteiger partial charge < -0.3 is 29.7 Å². The molecule has 0 radical (unpaired) electrons. The van der Waals surface area contributed by atoms with Gasteiger partial charge in [-0.15, -0.1) is 0 Å². The first-order chi connectivity index (χ1) is 12.0. The van der Waals surface area contributed by atoms with E-state index in [1.165, 1.54) is 21.3 Å². The van der Waals surface area contributed by atoms with Crippen LogP contribution in [0.15, 0.2) is 27.9 Å². The number of oxazole rings is 1. The van der Waals surface area contributed by atoms with Crippen LogP contribution >= 0.6 is 0 Å². The molecular formula is C17H18N4O4. The minimum atomic E-state index is -0.507. The Hall–Kier alpha value is -3.34. The summed E-state index contributed by atoms with van der Waals surface area (Å²) >= 11 is 0. The molecule has 2 heterocycles. The number of hydrogen-bond donors (Lipinski definition) is 2. The van der Waals surface area contributed by atoms with Crippen molar-refractivity contribution in [2.24, 2.45) is 5.73 Å². The predicted molar refractivity (Wildman–Crippen MR) is 89.6 cm³/mol. The minimum Gasteiger partial charge on any atom is -0.493 e. The van der Waals surface area contributed by atoms with Crippen molar-refractivity contribution in [1.82, 2.24) is 4.98 Å². The normalized spacial score (nSPS) is 15.9. The molecule has 1 aromatic heterocycles. The standard InChI is InChI=1S/C17H18N4O4/c1-8-20-14-13(10(7-18)16(19)21-17(14)25-8)9-5-11(22-2)15(24-4)12(6-9)23-3/h5-6,13,21H,19H2,1-4H3/t13-/m1/s1. The van der Waals surface area contributed by atoms with Gasteiger partial charge in [-0.05, 0) is 17.7 Å². The molecule has 25 heavy (non-hydrogen) atoms. The summed E-state index contributed by atoms with van der Waals surface area (Å²) in [4.78, 5) is 4.41. The van der Waals surface area contributed by atoms with E-state index in [9.17, 15) is 5.26 Å². The van der Waals surface area contributed by atoms with E-state index < -0.39 is 5.92 Å². The molecule has 8 heteroatoms. The number of hydrogen-bond acceptors (Lipinski definition) is 8. The van der Waals surface area contributed by atoms with Crippen LogP contribution in [0.4, 0.5) is 5.88 Å². The van der Waals surface area contributed by atoms with Gasteiger partial charge in [-0.1, -0.05) is 0 Å². The highest BCUT2D eigenvalue weighted by Crippen LogP contribution is 2.46. The van der Waals surface area contributed by atoms with Crippen molar-refractivity contribution in [1.29, 1.82) is 5.26 Å². The van der Waals surface area contributed by atoms with Crippen LogP contribution in [0.5, 0.6) is 17.2 Å². The Morgan fingerprint density at radius 2 is 1.84 bits per heavy atom. The Labute approximate surface area is 144 Å². The Morgan fingerprint density at radius 3 is 2.36 bits per heavy atom. The molecule has 8 nitrogen and oxygen atoms in total. The third kappa shape index (κ3) is 2.59. The maximum Gasteiger partial charge on any atom is 0.223 e. The van der Waals surface area contributed by atoms with E-state index in [1.807, 2.05) is 0 Å². The van der Waals surface area contributed by atoms with E-state index in [-0.39, 0.29) is 5.82 Å². The zero-order chi connectivity index (χ0) is 18.1. The largest absolute Gasteiger partial charge is 0.493 e. The number of methoxy groups -OCH3 is 3. The molecule has 0 fully saturated rings. The first kappa shape index (κ1) is 16.5. The van der Waals surface area contributed by atoms with Crippen LogP contribution in [0.25, 0.3) is 0 Å². The van der Waals surface area contributed by atoms with Crippen molar-refractivity contribution in [3.05, 3.63) is 40.7 Å². The highest BCUT2D eigenvalue weighted by atomic mass is 16.5. The lowest BCUT2D eigenvalue weighted by molar-refractivity contribution is 0.323. The van der Waals surface area contributed by atoms with Gasteiger partial charge in [-0.2, -0.15) is 5.26 Å². The fourth-order valence-electron chi connectivity index (χ4n) is 2.93. The molecule has 1 atom stereocenters. The summed E-state index contributed by atoms with van der Waals surface area (Å²) in [5, 5.41) is 12.5. The molecule has 2 aromatic rings. The van der Waals surface area contributed by atoms with Gasteiger partial charge in [0.2, 0.25) is 11.6 Å². The molecule has 3 rings (SSSR count). The van der Waals surface area contributed by atoms with Gasteiger partial charge in [-0.3, -0.25) is 0 Å². The average molecular weight is 342 g/mol. The molecule has 130 valence electrons. The number of anilines is 1. The zero-order valence-electron chi connectivity index (χ0n) is 14.3. The molecule has 0 amide bonds. The van der Waals surface area contributed by atoms with Crippen LogP contribution in [0.1, 0.15) is 23.1 Å². The third-order valence-corrected chi connectivity index (χ3v) is 4.00. The average Bonchev–Trinajstić information content (AvgIpc) is 2.98. The molecule has 1 aliphatic rings. The van der Waals surface area contributed by atoms with Gasteiger partial charge in [0.05, 0.1) is 38.9 Å². The van der Waals surface area contributed by atoms with Crippen molar-refractivity contribution in [3.8, 4) is 23.3 Å². The highest BCUT2D eigenvalue weighted by molar-refractivity contribution is 5.64. The molecule has 0 saturated carbocycles. The van der Waals surface area contributed by atoms with Gasteiger partial charge in [0.15, 0.2) is 17.4 Å². The number of nitrogens with zero attached hydrogens (tertiary/aromatic N) is 2. The number of benzene rings is 1. The molecule has 0 unspecified atom stereocenters. The number of nitrogens with one attached hydrogen (secondary N) is 1. The smallest absolute Gasteiger partial charge is 0.223 e. The quantitative estimate of drug-likeness (QED) is 0.869. The summed E-state index contributed by atoms with van der Waals surface area (Å²) in [7, 11) is 4.59. The molecule has 1 aliphatic heterocycles. The van der Waals surface area contributed by atoms with Crippen LogP contribution in [-0.4, -0.2) is 26.3 Å². The SMILES string of the molecule is COc1cc([C@@H]2C(C#N)=C(N)Nc3oc(C)nc32)cc(OC)c1OC. The van der Waals surface area contributed by atoms with Gasteiger partial charge >= 0.3 is 0 Å². The fourth-order valence-corrected chi connectivity index (χ4v) is 2.93. The maximum atomic E-state index is 9.61. The number of aryl methyl sites for hydroxylation is 1. The second-order valence-corrected chi connectivity index (χ2v) is 5.40. The first-order valence-corrected chi connectivity index (χ1v) is 7.48.